The van der Waals surface area contributed by atoms with Gasteiger partial charge in [-0.1, -0.05) is 43.5 Å². The molecule has 0 saturated heterocycles. The molecule has 1 aromatic carbocycles. The van der Waals surface area contributed by atoms with E-state index in [1.54, 1.807) is 0 Å². The van der Waals surface area contributed by atoms with Crippen LogP contribution >= 0.6 is 0 Å². The third-order valence-electron chi connectivity index (χ3n) is 4.95. The molecule has 0 spiro atoms. The minimum atomic E-state index is 0.479. The first-order valence-electron chi connectivity index (χ1n) is 7.37. The topological polar surface area (TPSA) is 12.0 Å². The number of hydrogen-bond donors (Lipinski definition) is 1. The molecule has 1 unspecified atom stereocenters. The number of hydrogen-bond acceptors (Lipinski definition) is 1. The summed E-state index contributed by atoms with van der Waals surface area (Å²) < 4.78 is 0. The average Bonchev–Trinajstić information content (AvgIpc) is 2.84. The van der Waals surface area contributed by atoms with Crippen LogP contribution in [0, 0.1) is 19.3 Å². The van der Waals surface area contributed by atoms with Gasteiger partial charge in [-0.25, -0.2) is 0 Å². The highest BCUT2D eigenvalue weighted by Gasteiger charge is 2.40. The van der Waals surface area contributed by atoms with Crippen LogP contribution in [0.1, 0.15) is 61.8 Å². The first-order chi connectivity index (χ1) is 8.63. The largest absolute Gasteiger partial charge is 0.313 e. The van der Waals surface area contributed by atoms with Gasteiger partial charge in [0.05, 0.1) is 0 Å². The fourth-order valence-electron chi connectivity index (χ4n) is 3.79. The maximum absolute atomic E-state index is 3.62. The Morgan fingerprint density at radius 1 is 1.22 bits per heavy atom. The standard InChI is InChI=1S/C17H27N/c1-5-17(10-6-7-11-17)16(18-4)15-12-13(2)8-9-14(15)3/h8-9,12,16,18H,5-7,10-11H2,1-4H3. The smallest absolute Gasteiger partial charge is 0.0377 e. The van der Waals surface area contributed by atoms with Gasteiger partial charge >= 0.3 is 0 Å². The van der Waals surface area contributed by atoms with E-state index in [-0.39, 0.29) is 0 Å². The number of benzene rings is 1. The molecule has 0 bridgehead atoms. The third kappa shape index (κ3) is 2.33. The molecule has 0 heterocycles. The molecule has 1 fully saturated rings. The summed E-state index contributed by atoms with van der Waals surface area (Å²) in [6, 6.07) is 7.39. The Morgan fingerprint density at radius 3 is 2.44 bits per heavy atom. The molecule has 0 amide bonds. The van der Waals surface area contributed by atoms with Gasteiger partial charge < -0.3 is 5.32 Å². The van der Waals surface area contributed by atoms with Crippen LogP contribution < -0.4 is 5.32 Å². The normalized spacial score (nSPS) is 20.0. The van der Waals surface area contributed by atoms with Gasteiger partial charge in [0.1, 0.15) is 0 Å². The Morgan fingerprint density at radius 2 is 1.89 bits per heavy atom. The maximum atomic E-state index is 3.62. The van der Waals surface area contributed by atoms with E-state index in [0.717, 1.165) is 0 Å². The number of rotatable bonds is 4. The summed E-state index contributed by atoms with van der Waals surface area (Å²) in [6.07, 6.45) is 6.84. The second-order valence-electron chi connectivity index (χ2n) is 6.00. The highest BCUT2D eigenvalue weighted by molar-refractivity contribution is 5.34. The van der Waals surface area contributed by atoms with Gasteiger partial charge in [-0.3, -0.25) is 0 Å². The van der Waals surface area contributed by atoms with Gasteiger partial charge in [0, 0.05) is 6.04 Å². The summed E-state index contributed by atoms with van der Waals surface area (Å²) in [7, 11) is 2.13. The third-order valence-corrected chi connectivity index (χ3v) is 4.95. The number of nitrogens with one attached hydrogen (secondary N) is 1. The first-order valence-corrected chi connectivity index (χ1v) is 7.37. The summed E-state index contributed by atoms with van der Waals surface area (Å²) in [5.41, 5.74) is 4.80. The first kappa shape index (κ1) is 13.6. The van der Waals surface area contributed by atoms with Crippen LogP contribution in [0.2, 0.25) is 0 Å². The quantitative estimate of drug-likeness (QED) is 0.821. The Labute approximate surface area is 112 Å². The molecule has 1 saturated carbocycles. The van der Waals surface area contributed by atoms with E-state index in [0.29, 0.717) is 11.5 Å². The average molecular weight is 245 g/mol. The van der Waals surface area contributed by atoms with Crippen molar-refractivity contribution in [3.8, 4) is 0 Å². The molecule has 1 atom stereocenters. The number of aryl methyl sites for hydroxylation is 2. The molecule has 1 aliphatic carbocycles. The highest BCUT2D eigenvalue weighted by atomic mass is 14.9. The predicted molar refractivity (Wildman–Crippen MR) is 78.9 cm³/mol. The Kier molecular flexibility index (Phi) is 4.11. The molecule has 1 aliphatic rings. The lowest BCUT2D eigenvalue weighted by atomic mass is 9.72. The van der Waals surface area contributed by atoms with Gasteiger partial charge in [-0.05, 0) is 56.7 Å². The van der Waals surface area contributed by atoms with Gasteiger partial charge in [0.25, 0.3) is 0 Å². The zero-order valence-electron chi connectivity index (χ0n) is 12.3. The van der Waals surface area contributed by atoms with E-state index < -0.39 is 0 Å². The second kappa shape index (κ2) is 5.44. The molecule has 100 valence electrons. The van der Waals surface area contributed by atoms with Crippen molar-refractivity contribution in [2.75, 3.05) is 7.05 Å². The van der Waals surface area contributed by atoms with Crippen molar-refractivity contribution in [3.63, 3.8) is 0 Å². The van der Waals surface area contributed by atoms with E-state index in [9.17, 15) is 0 Å². The summed E-state index contributed by atoms with van der Waals surface area (Å²) in [4.78, 5) is 0. The molecular weight excluding hydrogens is 218 g/mol. The van der Waals surface area contributed by atoms with Crippen LogP contribution in [0.5, 0.6) is 0 Å². The summed E-state index contributed by atoms with van der Waals surface area (Å²) in [6.45, 7) is 6.81. The van der Waals surface area contributed by atoms with Crippen LogP contribution in [0.3, 0.4) is 0 Å². The molecule has 1 nitrogen and oxygen atoms in total. The Hall–Kier alpha value is -0.820. The van der Waals surface area contributed by atoms with Crippen LogP contribution in [0.15, 0.2) is 18.2 Å². The lowest BCUT2D eigenvalue weighted by Gasteiger charge is -2.38. The van der Waals surface area contributed by atoms with Gasteiger partial charge in [0.15, 0.2) is 0 Å². The fraction of sp³-hybridized carbons (Fsp3) is 0.647. The SMILES string of the molecule is CCC1(C(NC)c2cc(C)ccc2C)CCCC1. The van der Waals surface area contributed by atoms with Crippen LogP contribution in [-0.4, -0.2) is 7.05 Å². The minimum absolute atomic E-state index is 0.479. The lowest BCUT2D eigenvalue weighted by Crippen LogP contribution is -2.34. The van der Waals surface area contributed by atoms with Crippen molar-refractivity contribution in [1.29, 1.82) is 0 Å². The van der Waals surface area contributed by atoms with Gasteiger partial charge in [0.2, 0.25) is 0 Å². The monoisotopic (exact) mass is 245 g/mol. The summed E-state index contributed by atoms with van der Waals surface area (Å²) in [5.74, 6) is 0. The Balaban J connectivity index is 2.40. The van der Waals surface area contributed by atoms with E-state index in [2.05, 4.69) is 51.3 Å². The Bertz CT molecular complexity index is 402. The van der Waals surface area contributed by atoms with Crippen LogP contribution in [-0.2, 0) is 0 Å². The summed E-state index contributed by atoms with van der Waals surface area (Å²) >= 11 is 0. The van der Waals surface area contributed by atoms with Crippen molar-refractivity contribution >= 4 is 0 Å². The molecule has 1 heteroatoms. The van der Waals surface area contributed by atoms with E-state index in [1.165, 1.54) is 48.8 Å². The summed E-state index contributed by atoms with van der Waals surface area (Å²) in [5, 5.41) is 3.62. The minimum Gasteiger partial charge on any atom is -0.313 e. The van der Waals surface area contributed by atoms with E-state index in [4.69, 9.17) is 0 Å². The van der Waals surface area contributed by atoms with Crippen molar-refractivity contribution in [2.45, 2.75) is 58.9 Å². The highest BCUT2D eigenvalue weighted by Crippen LogP contribution is 2.50. The van der Waals surface area contributed by atoms with Crippen molar-refractivity contribution < 1.29 is 0 Å². The van der Waals surface area contributed by atoms with Gasteiger partial charge in [-0.15, -0.1) is 0 Å². The fourth-order valence-corrected chi connectivity index (χ4v) is 3.79. The van der Waals surface area contributed by atoms with Crippen LogP contribution in [0.25, 0.3) is 0 Å². The van der Waals surface area contributed by atoms with Crippen molar-refractivity contribution in [2.24, 2.45) is 5.41 Å². The van der Waals surface area contributed by atoms with E-state index in [1.807, 2.05) is 0 Å². The van der Waals surface area contributed by atoms with Crippen molar-refractivity contribution in [1.82, 2.24) is 5.32 Å². The molecule has 2 rings (SSSR count). The molecular formula is C17H27N. The zero-order chi connectivity index (χ0) is 13.2. The molecule has 0 radical (unpaired) electrons. The van der Waals surface area contributed by atoms with Crippen LogP contribution in [0.4, 0.5) is 0 Å². The van der Waals surface area contributed by atoms with Gasteiger partial charge in [-0.2, -0.15) is 0 Å². The van der Waals surface area contributed by atoms with Crippen molar-refractivity contribution in [3.05, 3.63) is 34.9 Å². The second-order valence-corrected chi connectivity index (χ2v) is 6.00. The lowest BCUT2D eigenvalue weighted by molar-refractivity contribution is 0.194. The zero-order valence-corrected chi connectivity index (χ0v) is 12.3. The molecule has 0 aromatic heterocycles. The maximum Gasteiger partial charge on any atom is 0.0377 e. The van der Waals surface area contributed by atoms with E-state index >= 15 is 0 Å². The molecule has 1 aromatic rings. The predicted octanol–water partition coefficient (Wildman–Crippen LogP) is 4.53. The molecule has 0 aliphatic heterocycles. The molecule has 18 heavy (non-hydrogen) atoms. The molecule has 1 N–H and O–H groups in total.